The smallest absolute Gasteiger partial charge is 0.383 e. The van der Waals surface area contributed by atoms with Gasteiger partial charge >= 0.3 is 23.8 Å². The second-order valence-electron chi connectivity index (χ2n) is 11.6. The van der Waals surface area contributed by atoms with Crippen LogP contribution in [-0.2, 0) is 40.4 Å². The predicted octanol–water partition coefficient (Wildman–Crippen LogP) is 2.46. The molecular formula is C34H34F2N4O10S. The van der Waals surface area contributed by atoms with Crippen molar-refractivity contribution in [2.45, 2.75) is 61.0 Å². The quantitative estimate of drug-likeness (QED) is 0.136. The highest BCUT2D eigenvalue weighted by Gasteiger charge is 2.51. The van der Waals surface area contributed by atoms with Crippen molar-refractivity contribution in [1.29, 1.82) is 0 Å². The van der Waals surface area contributed by atoms with Crippen molar-refractivity contribution >= 4 is 51.2 Å². The number of Topliss-reactive ketones (excluding diaryl/α,β-unsaturated/α-hetero) is 1. The maximum Gasteiger partial charge on any atom is 0.383 e. The Morgan fingerprint density at radius 1 is 0.882 bits per heavy atom. The van der Waals surface area contributed by atoms with Crippen LogP contribution in [0.5, 0.6) is 0 Å². The van der Waals surface area contributed by atoms with Gasteiger partial charge in [-0.05, 0) is 55.2 Å². The number of rotatable bonds is 16. The Kier molecular flexibility index (Phi) is 12.3. The number of carbonyl (C=O) groups excluding carboxylic acids is 4. The summed E-state index contributed by atoms with van der Waals surface area (Å²) in [6.07, 6.45) is -1.34. The predicted molar refractivity (Wildman–Crippen MR) is 176 cm³/mol. The highest BCUT2D eigenvalue weighted by molar-refractivity contribution is 7.89. The molecule has 270 valence electrons. The average Bonchev–Trinajstić information content (AvgIpc) is 3.60. The maximum atomic E-state index is 15.5. The van der Waals surface area contributed by atoms with Crippen LogP contribution in [0.1, 0.15) is 41.6 Å². The lowest BCUT2D eigenvalue weighted by Crippen LogP contribution is -2.58. The number of alkyl halides is 2. The zero-order valence-electron chi connectivity index (χ0n) is 26.8. The van der Waals surface area contributed by atoms with E-state index >= 15 is 8.78 Å². The number of carbonyl (C=O) groups is 6. The summed E-state index contributed by atoms with van der Waals surface area (Å²) in [7, 11) is -4.32. The number of aliphatic carboxylic acids is 1. The number of hydrogen-bond donors (Lipinski definition) is 5. The molecule has 3 atom stereocenters. The van der Waals surface area contributed by atoms with E-state index in [0.717, 1.165) is 23.1 Å². The molecule has 17 heteroatoms. The van der Waals surface area contributed by atoms with Gasteiger partial charge in [0.1, 0.15) is 12.1 Å². The van der Waals surface area contributed by atoms with Gasteiger partial charge in [-0.15, -0.1) is 0 Å². The molecule has 1 fully saturated rings. The van der Waals surface area contributed by atoms with Gasteiger partial charge in [0.25, 0.3) is 0 Å². The molecule has 5 N–H and O–H groups in total. The van der Waals surface area contributed by atoms with E-state index in [4.69, 9.17) is 0 Å². The third-order valence-electron chi connectivity index (χ3n) is 8.01. The van der Waals surface area contributed by atoms with Crippen molar-refractivity contribution in [1.82, 2.24) is 14.9 Å². The number of likely N-dealkylation sites (tertiary alicyclic amines) is 1. The number of sulfonamides is 1. The molecule has 0 unspecified atom stereocenters. The average molecular weight is 729 g/mol. The molecule has 4 rings (SSSR count). The van der Waals surface area contributed by atoms with E-state index in [9.17, 15) is 47.4 Å². The van der Waals surface area contributed by atoms with E-state index in [-0.39, 0.29) is 35.5 Å². The first-order valence-electron chi connectivity index (χ1n) is 15.6. The van der Waals surface area contributed by atoms with Crippen molar-refractivity contribution in [3.63, 3.8) is 0 Å². The fourth-order valence-corrected chi connectivity index (χ4v) is 6.70. The molecular weight excluding hydrogens is 694 g/mol. The number of halogens is 2. The molecule has 1 saturated heterocycles. The minimum atomic E-state index is -4.73. The molecule has 0 aromatic heterocycles. The van der Waals surface area contributed by atoms with E-state index in [1.54, 1.807) is 24.3 Å². The number of aromatic carboxylic acids is 1. The van der Waals surface area contributed by atoms with Gasteiger partial charge in [0.05, 0.1) is 16.5 Å². The summed E-state index contributed by atoms with van der Waals surface area (Å²) in [4.78, 5) is 76.9. The van der Waals surface area contributed by atoms with Crippen LogP contribution in [0, 0.1) is 0 Å². The third kappa shape index (κ3) is 9.79. The maximum absolute atomic E-state index is 15.5. The summed E-state index contributed by atoms with van der Waals surface area (Å²) in [6.45, 7) is -0.0706. The second-order valence-corrected chi connectivity index (χ2v) is 13.4. The molecule has 14 nitrogen and oxygen atoms in total. The number of nitrogens with zero attached hydrogens (tertiary/aromatic N) is 1. The number of carboxylic acid groups (broad SMARTS) is 2. The van der Waals surface area contributed by atoms with Gasteiger partial charge < -0.3 is 25.7 Å². The minimum absolute atomic E-state index is 0.00228. The highest BCUT2D eigenvalue weighted by Crippen LogP contribution is 2.25. The summed E-state index contributed by atoms with van der Waals surface area (Å²) in [5.74, 6) is -13.5. The van der Waals surface area contributed by atoms with Gasteiger partial charge in [-0.3, -0.25) is 24.0 Å². The molecule has 0 radical (unpaired) electrons. The minimum Gasteiger partial charge on any atom is -0.481 e. The zero-order chi connectivity index (χ0) is 37.3. The summed E-state index contributed by atoms with van der Waals surface area (Å²) in [5.41, 5.74) is -0.299. The highest BCUT2D eigenvalue weighted by atomic mass is 32.2. The first-order chi connectivity index (χ1) is 24.1. The summed E-state index contributed by atoms with van der Waals surface area (Å²) in [5, 5.41) is 22.5. The molecule has 1 heterocycles. The third-order valence-corrected chi connectivity index (χ3v) is 9.50. The van der Waals surface area contributed by atoms with Crippen LogP contribution in [0.4, 0.5) is 14.5 Å². The lowest BCUT2D eigenvalue weighted by molar-refractivity contribution is -0.157. The Hall–Kier alpha value is -5.55. The first kappa shape index (κ1) is 38.3. The lowest BCUT2D eigenvalue weighted by atomic mass is 9.97. The Bertz CT molecular complexity index is 1890. The van der Waals surface area contributed by atoms with Crippen LogP contribution in [0.25, 0.3) is 0 Å². The topological polar surface area (TPSA) is 216 Å². The van der Waals surface area contributed by atoms with Crippen LogP contribution in [-0.4, -0.2) is 89.6 Å². The molecule has 3 aromatic carbocycles. The zero-order valence-corrected chi connectivity index (χ0v) is 27.6. The van der Waals surface area contributed by atoms with E-state index in [1.807, 2.05) is 5.32 Å². The molecule has 1 aliphatic rings. The fourth-order valence-electron chi connectivity index (χ4n) is 5.46. The SMILES string of the molecule is O=C(O)CC[C@H](NS(=O)(=O)c1ccccc1)C(=O)N1CCC[C@H]1C(=O)N[C@@H](Cc1ccccc1)C(=O)C(F)(F)C(=O)Nc1cccc(C(=O)O)c1. The Morgan fingerprint density at radius 2 is 1.53 bits per heavy atom. The molecule has 0 aliphatic carbocycles. The molecule has 0 saturated carbocycles. The van der Waals surface area contributed by atoms with Crippen molar-refractivity contribution in [2.75, 3.05) is 11.9 Å². The molecule has 3 amide bonds. The summed E-state index contributed by atoms with van der Waals surface area (Å²) in [6, 6.07) is 14.2. The molecule has 51 heavy (non-hydrogen) atoms. The van der Waals surface area contributed by atoms with Crippen LogP contribution in [0.2, 0.25) is 0 Å². The van der Waals surface area contributed by atoms with Crippen LogP contribution >= 0.6 is 0 Å². The van der Waals surface area contributed by atoms with Crippen molar-refractivity contribution in [3.8, 4) is 0 Å². The number of amides is 3. The first-order valence-corrected chi connectivity index (χ1v) is 17.1. The lowest BCUT2D eigenvalue weighted by Gasteiger charge is -2.30. The van der Waals surface area contributed by atoms with Gasteiger partial charge in [0.2, 0.25) is 27.6 Å². The van der Waals surface area contributed by atoms with E-state index in [1.165, 1.54) is 42.5 Å². The number of nitrogens with one attached hydrogen (secondary N) is 3. The number of anilines is 1. The van der Waals surface area contributed by atoms with Crippen LogP contribution in [0.3, 0.4) is 0 Å². The summed E-state index contributed by atoms with van der Waals surface area (Å²) < 4.78 is 59.3. The van der Waals surface area contributed by atoms with Gasteiger partial charge in [-0.2, -0.15) is 13.5 Å². The van der Waals surface area contributed by atoms with Gasteiger partial charge in [0.15, 0.2) is 0 Å². The largest absolute Gasteiger partial charge is 0.481 e. The standard InChI is InChI=1S/C34H34F2N4O10S/c35-34(36,33(48)37-23-12-7-11-22(20-23)32(46)47)29(43)26(19-21-9-3-1-4-10-21)38-30(44)27-15-8-18-40(27)31(45)25(16-17-28(41)42)39-51(49,50)24-13-5-2-6-14-24/h1-7,9-14,20,25-27,39H,8,15-19H2,(H,37,48)(H,38,44)(H,41,42)(H,46,47)/t25-,26-,27-/m0/s1. The Balaban J connectivity index is 1.57. The Labute approximate surface area is 290 Å². The second kappa shape index (κ2) is 16.4. The normalized spacial score (nSPS) is 15.7. The van der Waals surface area contributed by atoms with Gasteiger partial charge in [0, 0.05) is 25.1 Å². The number of benzene rings is 3. The van der Waals surface area contributed by atoms with Crippen molar-refractivity contribution < 1.29 is 56.2 Å². The molecule has 3 aromatic rings. The van der Waals surface area contributed by atoms with Gasteiger partial charge in [-0.1, -0.05) is 54.6 Å². The van der Waals surface area contributed by atoms with E-state index in [2.05, 4.69) is 10.0 Å². The van der Waals surface area contributed by atoms with E-state index < -0.39 is 88.8 Å². The monoisotopic (exact) mass is 728 g/mol. The fraction of sp³-hybridized carbons (Fsp3) is 0.294. The number of ketones is 1. The van der Waals surface area contributed by atoms with Crippen molar-refractivity contribution in [2.24, 2.45) is 0 Å². The van der Waals surface area contributed by atoms with Crippen molar-refractivity contribution in [3.05, 3.63) is 96.1 Å². The molecule has 0 bridgehead atoms. The van der Waals surface area contributed by atoms with Gasteiger partial charge in [-0.25, -0.2) is 13.2 Å². The number of carboxylic acids is 2. The number of hydrogen-bond acceptors (Lipinski definition) is 8. The van der Waals surface area contributed by atoms with Crippen LogP contribution in [0.15, 0.2) is 89.8 Å². The molecule has 1 aliphatic heterocycles. The van der Waals surface area contributed by atoms with E-state index in [0.29, 0.717) is 5.56 Å². The Morgan fingerprint density at radius 3 is 2.16 bits per heavy atom. The van der Waals surface area contributed by atoms with Crippen LogP contribution < -0.4 is 15.4 Å². The summed E-state index contributed by atoms with van der Waals surface area (Å²) >= 11 is 0. The molecule has 0 spiro atoms.